The van der Waals surface area contributed by atoms with Gasteiger partial charge in [-0.05, 0) is 38.4 Å². The van der Waals surface area contributed by atoms with Crippen molar-refractivity contribution < 1.29 is 4.39 Å². The van der Waals surface area contributed by atoms with E-state index in [0.29, 0.717) is 6.04 Å². The van der Waals surface area contributed by atoms with Crippen LogP contribution >= 0.6 is 11.6 Å². The van der Waals surface area contributed by atoms with E-state index >= 15 is 0 Å². The number of fused-ring (bicyclic) bond motifs is 1. The van der Waals surface area contributed by atoms with E-state index in [2.05, 4.69) is 10.4 Å². The van der Waals surface area contributed by atoms with Crippen molar-refractivity contribution in [3.05, 3.63) is 46.5 Å². The molecule has 106 valence electrons. The van der Waals surface area contributed by atoms with Gasteiger partial charge in [0.05, 0.1) is 16.9 Å². The summed E-state index contributed by atoms with van der Waals surface area (Å²) in [5.41, 5.74) is 3.12. The second-order valence-corrected chi connectivity index (χ2v) is 5.55. The number of aromatic nitrogens is 2. The number of rotatable bonds is 2. The summed E-state index contributed by atoms with van der Waals surface area (Å²) in [6.07, 6.45) is 6.30. The van der Waals surface area contributed by atoms with Gasteiger partial charge in [0.2, 0.25) is 0 Å². The van der Waals surface area contributed by atoms with Gasteiger partial charge >= 0.3 is 0 Å². The molecule has 0 saturated carbocycles. The lowest BCUT2D eigenvalue weighted by atomic mass is 10.1. The maximum absolute atomic E-state index is 13.6. The van der Waals surface area contributed by atoms with E-state index in [1.54, 1.807) is 12.1 Å². The molecule has 1 unspecified atom stereocenters. The smallest absolute Gasteiger partial charge is 0.143 e. The Morgan fingerprint density at radius 1 is 1.40 bits per heavy atom. The van der Waals surface area contributed by atoms with Crippen LogP contribution in [0.1, 0.15) is 36.6 Å². The van der Waals surface area contributed by atoms with Gasteiger partial charge < -0.3 is 5.32 Å². The molecule has 5 heteroatoms. The lowest BCUT2D eigenvalue weighted by molar-refractivity contribution is 0.533. The predicted molar refractivity (Wildman–Crippen MR) is 77.9 cm³/mol. The lowest BCUT2D eigenvalue weighted by Crippen LogP contribution is -2.16. The van der Waals surface area contributed by atoms with Crippen LogP contribution in [-0.4, -0.2) is 16.8 Å². The fourth-order valence-electron chi connectivity index (χ4n) is 2.86. The van der Waals surface area contributed by atoms with E-state index < -0.39 is 5.82 Å². The van der Waals surface area contributed by atoms with Gasteiger partial charge in [-0.3, -0.25) is 0 Å². The fourth-order valence-corrected chi connectivity index (χ4v) is 2.98. The third-order valence-electron chi connectivity index (χ3n) is 3.93. The summed E-state index contributed by atoms with van der Waals surface area (Å²) in [5, 5.41) is 7.92. The van der Waals surface area contributed by atoms with Gasteiger partial charge in [0, 0.05) is 23.4 Å². The van der Waals surface area contributed by atoms with Crippen molar-refractivity contribution in [2.24, 2.45) is 0 Å². The number of nitrogens with zero attached hydrogens (tertiary/aromatic N) is 2. The van der Waals surface area contributed by atoms with Crippen molar-refractivity contribution in [3.63, 3.8) is 0 Å². The second kappa shape index (κ2) is 5.54. The zero-order valence-electron chi connectivity index (χ0n) is 11.4. The van der Waals surface area contributed by atoms with Crippen LogP contribution < -0.4 is 5.32 Å². The van der Waals surface area contributed by atoms with E-state index in [0.717, 1.165) is 24.9 Å². The number of benzene rings is 1. The van der Waals surface area contributed by atoms with E-state index in [-0.39, 0.29) is 5.02 Å². The monoisotopic (exact) mass is 293 g/mol. The van der Waals surface area contributed by atoms with Crippen LogP contribution in [0.15, 0.2) is 24.4 Å². The van der Waals surface area contributed by atoms with Crippen molar-refractivity contribution in [3.8, 4) is 5.69 Å². The third-order valence-corrected chi connectivity index (χ3v) is 4.24. The molecule has 1 heterocycles. The normalized spacial score (nSPS) is 18.6. The van der Waals surface area contributed by atoms with Gasteiger partial charge in [-0.25, -0.2) is 9.07 Å². The highest BCUT2D eigenvalue weighted by Crippen LogP contribution is 2.30. The molecule has 3 rings (SSSR count). The third kappa shape index (κ3) is 2.34. The predicted octanol–water partition coefficient (Wildman–Crippen LogP) is 3.65. The van der Waals surface area contributed by atoms with Crippen molar-refractivity contribution >= 4 is 11.6 Å². The Kier molecular flexibility index (Phi) is 3.76. The minimum Gasteiger partial charge on any atom is -0.313 e. The van der Waals surface area contributed by atoms with Crippen molar-refractivity contribution in [2.75, 3.05) is 7.05 Å². The summed E-state index contributed by atoms with van der Waals surface area (Å²) in [6, 6.07) is 5.15. The molecule has 0 spiro atoms. The Balaban J connectivity index is 2.07. The van der Waals surface area contributed by atoms with Crippen LogP contribution in [0.4, 0.5) is 4.39 Å². The molecule has 1 atom stereocenters. The minimum atomic E-state index is -0.410. The highest BCUT2D eigenvalue weighted by atomic mass is 35.5. The number of hydrogen-bond donors (Lipinski definition) is 1. The Hall–Kier alpha value is -1.39. The summed E-state index contributed by atoms with van der Waals surface area (Å²) < 4.78 is 15.5. The van der Waals surface area contributed by atoms with Crippen LogP contribution in [-0.2, 0) is 6.42 Å². The standard InChI is InChI=1S/C15H17ClFN3/c1-18-14-4-2-3-5-15-11(14)9-19-20(15)10-6-7-12(16)13(17)8-10/h6-9,14,18H,2-5H2,1H3. The average molecular weight is 294 g/mol. The van der Waals surface area contributed by atoms with Crippen LogP contribution in [0.2, 0.25) is 5.02 Å². The SMILES string of the molecule is CNC1CCCCc2c1cnn2-c1ccc(Cl)c(F)c1. The molecule has 0 radical (unpaired) electrons. The van der Waals surface area contributed by atoms with Gasteiger partial charge in [-0.2, -0.15) is 5.10 Å². The first-order chi connectivity index (χ1) is 9.70. The summed E-state index contributed by atoms with van der Waals surface area (Å²) in [5.74, 6) is -0.410. The maximum Gasteiger partial charge on any atom is 0.143 e. The molecule has 3 nitrogen and oxygen atoms in total. The van der Waals surface area contributed by atoms with Gasteiger partial charge in [0.1, 0.15) is 5.82 Å². The van der Waals surface area contributed by atoms with Gasteiger partial charge in [0.15, 0.2) is 0 Å². The lowest BCUT2D eigenvalue weighted by Gasteiger charge is -2.13. The molecule has 1 aromatic carbocycles. The van der Waals surface area contributed by atoms with Crippen molar-refractivity contribution in [1.82, 2.24) is 15.1 Å². The number of halogens is 2. The molecular weight excluding hydrogens is 277 g/mol. The zero-order valence-corrected chi connectivity index (χ0v) is 12.1. The molecule has 0 aliphatic heterocycles. The summed E-state index contributed by atoms with van der Waals surface area (Å²) >= 11 is 5.74. The molecule has 0 bridgehead atoms. The molecule has 1 aliphatic rings. The maximum atomic E-state index is 13.6. The fraction of sp³-hybridized carbons (Fsp3) is 0.400. The number of nitrogens with one attached hydrogen (secondary N) is 1. The minimum absolute atomic E-state index is 0.139. The van der Waals surface area contributed by atoms with E-state index in [1.807, 2.05) is 17.9 Å². The van der Waals surface area contributed by atoms with E-state index in [9.17, 15) is 4.39 Å². The van der Waals surface area contributed by atoms with Gasteiger partial charge in [-0.1, -0.05) is 18.0 Å². The highest BCUT2D eigenvalue weighted by molar-refractivity contribution is 6.30. The first-order valence-electron chi connectivity index (χ1n) is 6.90. The quantitative estimate of drug-likeness (QED) is 0.857. The van der Waals surface area contributed by atoms with Crippen LogP contribution in [0, 0.1) is 5.82 Å². The van der Waals surface area contributed by atoms with E-state index in [1.165, 1.54) is 23.7 Å². The Labute approximate surface area is 122 Å². The molecule has 2 aromatic rings. The highest BCUT2D eigenvalue weighted by Gasteiger charge is 2.22. The largest absolute Gasteiger partial charge is 0.313 e. The molecule has 1 N–H and O–H groups in total. The van der Waals surface area contributed by atoms with Crippen LogP contribution in [0.3, 0.4) is 0 Å². The molecule has 1 aromatic heterocycles. The summed E-state index contributed by atoms with van der Waals surface area (Å²) in [6.45, 7) is 0. The van der Waals surface area contributed by atoms with Crippen LogP contribution in [0.25, 0.3) is 5.69 Å². The molecule has 0 saturated heterocycles. The van der Waals surface area contributed by atoms with Crippen molar-refractivity contribution in [1.29, 1.82) is 0 Å². The Bertz CT molecular complexity index is 624. The zero-order chi connectivity index (χ0) is 14.1. The Morgan fingerprint density at radius 3 is 3.00 bits per heavy atom. The number of hydrogen-bond acceptors (Lipinski definition) is 2. The van der Waals surface area contributed by atoms with Crippen molar-refractivity contribution in [2.45, 2.75) is 31.7 Å². The van der Waals surface area contributed by atoms with Gasteiger partial charge in [-0.15, -0.1) is 0 Å². The van der Waals surface area contributed by atoms with Gasteiger partial charge in [0.25, 0.3) is 0 Å². The summed E-state index contributed by atoms with van der Waals surface area (Å²) in [7, 11) is 1.97. The van der Waals surface area contributed by atoms with E-state index in [4.69, 9.17) is 11.6 Å². The molecule has 0 fully saturated rings. The molecule has 20 heavy (non-hydrogen) atoms. The average Bonchev–Trinajstić information content (AvgIpc) is 2.75. The molecular formula is C15H17ClFN3. The summed E-state index contributed by atoms with van der Waals surface area (Å²) in [4.78, 5) is 0. The first kappa shape index (κ1) is 13.6. The first-order valence-corrected chi connectivity index (χ1v) is 7.28. The topological polar surface area (TPSA) is 29.9 Å². The van der Waals surface area contributed by atoms with Crippen LogP contribution in [0.5, 0.6) is 0 Å². The molecule has 0 amide bonds. The second-order valence-electron chi connectivity index (χ2n) is 5.14. The Morgan fingerprint density at radius 2 is 2.25 bits per heavy atom. The molecule has 1 aliphatic carbocycles.